The summed E-state index contributed by atoms with van der Waals surface area (Å²) in [6.45, 7) is 1.96. The summed E-state index contributed by atoms with van der Waals surface area (Å²) in [6.07, 6.45) is 8.25. The highest BCUT2D eigenvalue weighted by atomic mass is 35.5. The predicted octanol–water partition coefficient (Wildman–Crippen LogP) is 3.58. The molecule has 0 spiro atoms. The molecule has 0 fully saturated rings. The number of ether oxygens (including phenoxy) is 1. The van der Waals surface area contributed by atoms with Gasteiger partial charge in [0.15, 0.2) is 5.76 Å². The van der Waals surface area contributed by atoms with Crippen LogP contribution in [0.25, 0.3) is 11.5 Å². The second kappa shape index (κ2) is 6.47. The molecule has 0 N–H and O–H groups in total. The minimum absolute atomic E-state index is 0.125. The lowest BCUT2D eigenvalue weighted by Crippen LogP contribution is -2.03. The Morgan fingerprint density at radius 3 is 2.85 bits per heavy atom. The van der Waals surface area contributed by atoms with Gasteiger partial charge >= 0.3 is 0 Å². The van der Waals surface area contributed by atoms with Gasteiger partial charge in [-0.2, -0.15) is 5.10 Å². The molecular weight excluding hydrogens is 297 g/mol. The van der Waals surface area contributed by atoms with E-state index in [-0.39, 0.29) is 6.61 Å². The summed E-state index contributed by atoms with van der Waals surface area (Å²) >= 11 is 12.1. The molecular formula is C14H11Cl2N3O. The molecule has 2 aromatic rings. The van der Waals surface area contributed by atoms with Gasteiger partial charge in [-0.15, -0.1) is 6.42 Å². The summed E-state index contributed by atoms with van der Waals surface area (Å²) in [5.41, 5.74) is 1.42. The second-order valence-corrected chi connectivity index (χ2v) is 4.72. The van der Waals surface area contributed by atoms with Gasteiger partial charge in [0.1, 0.15) is 19.3 Å². The molecule has 0 aliphatic carbocycles. The van der Waals surface area contributed by atoms with Crippen molar-refractivity contribution in [2.75, 3.05) is 6.61 Å². The molecule has 1 heterocycles. The Bertz CT molecular complexity index is 672. The van der Waals surface area contributed by atoms with Crippen LogP contribution in [-0.2, 0) is 4.74 Å². The van der Waals surface area contributed by atoms with E-state index in [2.05, 4.69) is 16.0 Å². The third-order valence-corrected chi connectivity index (χ3v) is 3.11. The Morgan fingerprint density at radius 2 is 2.25 bits per heavy atom. The van der Waals surface area contributed by atoms with Gasteiger partial charge in [-0.3, -0.25) is 0 Å². The number of aromatic nitrogens is 3. The van der Waals surface area contributed by atoms with Crippen molar-refractivity contribution in [1.29, 1.82) is 0 Å². The zero-order valence-electron chi connectivity index (χ0n) is 10.7. The summed E-state index contributed by atoms with van der Waals surface area (Å²) in [7, 11) is 0. The fraction of sp³-hybridized carbons (Fsp3) is 0.143. The lowest BCUT2D eigenvalue weighted by molar-refractivity contribution is 0.326. The minimum Gasteiger partial charge on any atom is -0.478 e. The highest BCUT2D eigenvalue weighted by Gasteiger charge is 2.13. The Morgan fingerprint density at radius 1 is 1.45 bits per heavy atom. The molecule has 0 radical (unpaired) electrons. The van der Waals surface area contributed by atoms with Crippen molar-refractivity contribution in [3.05, 3.63) is 46.5 Å². The largest absolute Gasteiger partial charge is 0.478 e. The topological polar surface area (TPSA) is 39.9 Å². The number of nitrogens with zero attached hydrogens (tertiary/aromatic N) is 3. The van der Waals surface area contributed by atoms with Crippen LogP contribution in [0.1, 0.15) is 12.5 Å². The quantitative estimate of drug-likeness (QED) is 0.640. The first-order chi connectivity index (χ1) is 9.63. The molecule has 0 saturated heterocycles. The van der Waals surface area contributed by atoms with E-state index in [1.807, 2.05) is 6.92 Å². The van der Waals surface area contributed by atoms with Gasteiger partial charge in [-0.25, -0.2) is 9.67 Å². The van der Waals surface area contributed by atoms with Crippen LogP contribution in [0.5, 0.6) is 0 Å². The van der Waals surface area contributed by atoms with E-state index in [0.717, 1.165) is 5.70 Å². The smallest absolute Gasteiger partial charge is 0.150 e. The van der Waals surface area contributed by atoms with Gasteiger partial charge in [0, 0.05) is 10.6 Å². The van der Waals surface area contributed by atoms with E-state index in [4.69, 9.17) is 34.4 Å². The van der Waals surface area contributed by atoms with E-state index < -0.39 is 0 Å². The van der Waals surface area contributed by atoms with Crippen molar-refractivity contribution in [1.82, 2.24) is 14.8 Å². The molecule has 2 rings (SSSR count). The summed E-state index contributed by atoms with van der Waals surface area (Å²) in [5, 5.41) is 5.09. The molecule has 4 nitrogen and oxygen atoms in total. The van der Waals surface area contributed by atoms with Crippen LogP contribution in [0, 0.1) is 12.3 Å². The van der Waals surface area contributed by atoms with Crippen LogP contribution in [0.3, 0.4) is 0 Å². The Hall–Kier alpha value is -1.96. The molecule has 102 valence electrons. The van der Waals surface area contributed by atoms with Crippen LogP contribution in [0.15, 0.2) is 30.9 Å². The fourth-order valence-electron chi connectivity index (χ4n) is 1.65. The molecule has 20 heavy (non-hydrogen) atoms. The van der Waals surface area contributed by atoms with Crippen molar-refractivity contribution < 1.29 is 4.74 Å². The maximum absolute atomic E-state index is 6.21. The van der Waals surface area contributed by atoms with Gasteiger partial charge in [0.25, 0.3) is 0 Å². The molecule has 1 aromatic carbocycles. The summed E-state index contributed by atoms with van der Waals surface area (Å²) < 4.78 is 7.19. The minimum atomic E-state index is 0.125. The standard InChI is InChI=1S/C14H11Cl2N3O/c1-3-6-20-14(10(2)19-9-17-8-18-19)12-5-4-11(15)7-13(12)16/h1,4-5,7-9H,6H2,2H3. The average molecular weight is 308 g/mol. The van der Waals surface area contributed by atoms with E-state index in [1.54, 1.807) is 29.2 Å². The molecule has 1 aromatic heterocycles. The van der Waals surface area contributed by atoms with Crippen LogP contribution in [0.2, 0.25) is 10.0 Å². The Labute approximate surface area is 127 Å². The summed E-state index contributed by atoms with van der Waals surface area (Å²) in [4.78, 5) is 3.90. The van der Waals surface area contributed by atoms with Gasteiger partial charge in [0.2, 0.25) is 0 Å². The summed E-state index contributed by atoms with van der Waals surface area (Å²) in [6, 6.07) is 5.15. The summed E-state index contributed by atoms with van der Waals surface area (Å²) in [5.74, 6) is 2.97. The van der Waals surface area contributed by atoms with Crippen molar-refractivity contribution in [3.63, 3.8) is 0 Å². The van der Waals surface area contributed by atoms with Crippen LogP contribution >= 0.6 is 23.2 Å². The van der Waals surface area contributed by atoms with Gasteiger partial charge in [-0.05, 0) is 25.1 Å². The maximum atomic E-state index is 6.21. The first-order valence-corrected chi connectivity index (χ1v) is 6.46. The number of hydrogen-bond acceptors (Lipinski definition) is 3. The number of benzene rings is 1. The van der Waals surface area contributed by atoms with Gasteiger partial charge < -0.3 is 4.74 Å². The molecule has 0 aliphatic heterocycles. The number of rotatable bonds is 4. The van der Waals surface area contributed by atoms with Crippen molar-refractivity contribution in [2.45, 2.75) is 6.92 Å². The van der Waals surface area contributed by atoms with Crippen molar-refractivity contribution in [2.24, 2.45) is 0 Å². The van der Waals surface area contributed by atoms with E-state index in [9.17, 15) is 0 Å². The lowest BCUT2D eigenvalue weighted by Gasteiger charge is -2.14. The Kier molecular flexibility index (Phi) is 4.67. The third-order valence-electron chi connectivity index (χ3n) is 2.57. The highest BCUT2D eigenvalue weighted by molar-refractivity contribution is 6.35. The van der Waals surface area contributed by atoms with Crippen molar-refractivity contribution in [3.8, 4) is 12.3 Å². The van der Waals surface area contributed by atoms with E-state index in [1.165, 1.54) is 6.33 Å². The molecule has 0 saturated carbocycles. The molecule has 0 unspecified atom stereocenters. The van der Waals surface area contributed by atoms with Crippen LogP contribution < -0.4 is 0 Å². The fourth-order valence-corrected chi connectivity index (χ4v) is 2.14. The van der Waals surface area contributed by atoms with Crippen LogP contribution in [0.4, 0.5) is 0 Å². The normalized spacial score (nSPS) is 11.7. The van der Waals surface area contributed by atoms with Crippen molar-refractivity contribution >= 4 is 34.7 Å². The van der Waals surface area contributed by atoms with E-state index in [0.29, 0.717) is 21.4 Å². The maximum Gasteiger partial charge on any atom is 0.150 e. The molecule has 0 atom stereocenters. The Balaban J connectivity index is 2.53. The van der Waals surface area contributed by atoms with Crippen LogP contribution in [-0.4, -0.2) is 21.4 Å². The lowest BCUT2D eigenvalue weighted by atomic mass is 10.1. The molecule has 6 heteroatoms. The highest BCUT2D eigenvalue weighted by Crippen LogP contribution is 2.30. The molecule has 0 bridgehead atoms. The number of allylic oxidation sites excluding steroid dienone is 1. The number of terminal acetylenes is 1. The number of hydrogen-bond donors (Lipinski definition) is 0. The number of halogens is 2. The molecule has 0 aliphatic rings. The average Bonchev–Trinajstić information content (AvgIpc) is 2.94. The molecule has 0 amide bonds. The zero-order valence-corrected chi connectivity index (χ0v) is 12.2. The third kappa shape index (κ3) is 3.13. The predicted molar refractivity (Wildman–Crippen MR) is 80.1 cm³/mol. The monoisotopic (exact) mass is 307 g/mol. The first-order valence-electron chi connectivity index (χ1n) is 5.71. The second-order valence-electron chi connectivity index (χ2n) is 3.87. The first kappa shape index (κ1) is 14.4. The SMILES string of the molecule is C#CCOC(=C(C)n1cncn1)c1ccc(Cl)cc1Cl. The van der Waals surface area contributed by atoms with Gasteiger partial charge in [0.05, 0.1) is 10.7 Å². The van der Waals surface area contributed by atoms with Gasteiger partial charge in [-0.1, -0.05) is 29.1 Å². The van der Waals surface area contributed by atoms with E-state index >= 15 is 0 Å². The zero-order chi connectivity index (χ0) is 14.5.